The van der Waals surface area contributed by atoms with Crippen LogP contribution < -0.4 is 5.32 Å². The predicted octanol–water partition coefficient (Wildman–Crippen LogP) is 0.0429. The van der Waals surface area contributed by atoms with Crippen LogP contribution in [-0.2, 0) is 4.74 Å². The summed E-state index contributed by atoms with van der Waals surface area (Å²) in [6, 6.07) is 0. The fourth-order valence-corrected chi connectivity index (χ4v) is 0.739. The van der Waals surface area contributed by atoms with Gasteiger partial charge in [0, 0.05) is 0 Å². The van der Waals surface area contributed by atoms with Gasteiger partial charge in [0.15, 0.2) is 0 Å². The maximum absolute atomic E-state index is 10.0. The Labute approximate surface area is 52.8 Å². The summed E-state index contributed by atoms with van der Waals surface area (Å²) in [6.45, 7) is 2.78. The molecule has 0 atom stereocenters. The average Bonchev–Trinajstić information content (AvgIpc) is 1.60. The molecule has 1 heterocycles. The minimum absolute atomic E-state index is 0.328. The standard InChI is InChI=1S/C5H9NO3/c1-5(2-9-3-5)6-4(7)8/h6H,2-3H2,1H3,(H,7,8). The highest BCUT2D eigenvalue weighted by Gasteiger charge is 2.34. The van der Waals surface area contributed by atoms with Gasteiger partial charge in [-0.05, 0) is 6.92 Å². The van der Waals surface area contributed by atoms with Crippen LogP contribution in [0.4, 0.5) is 4.79 Å². The molecule has 1 saturated heterocycles. The van der Waals surface area contributed by atoms with E-state index in [0.717, 1.165) is 0 Å². The van der Waals surface area contributed by atoms with Crippen LogP contribution in [0.1, 0.15) is 6.92 Å². The molecule has 4 heteroatoms. The second kappa shape index (κ2) is 1.88. The first kappa shape index (κ1) is 6.35. The van der Waals surface area contributed by atoms with E-state index >= 15 is 0 Å². The fraction of sp³-hybridized carbons (Fsp3) is 0.800. The van der Waals surface area contributed by atoms with E-state index in [1.54, 1.807) is 0 Å². The summed E-state index contributed by atoms with van der Waals surface area (Å²) >= 11 is 0. The number of hydrogen-bond donors (Lipinski definition) is 2. The molecule has 52 valence electrons. The molecule has 1 fully saturated rings. The van der Waals surface area contributed by atoms with Crippen LogP contribution in [0.25, 0.3) is 0 Å². The molecule has 9 heavy (non-hydrogen) atoms. The lowest BCUT2D eigenvalue weighted by Gasteiger charge is -2.37. The molecular formula is C5H9NO3. The van der Waals surface area contributed by atoms with Gasteiger partial charge in [0.05, 0.1) is 18.8 Å². The highest BCUT2D eigenvalue weighted by atomic mass is 16.5. The van der Waals surface area contributed by atoms with Gasteiger partial charge in [-0.2, -0.15) is 0 Å². The van der Waals surface area contributed by atoms with Crippen LogP contribution in [0, 0.1) is 0 Å². The van der Waals surface area contributed by atoms with E-state index in [4.69, 9.17) is 9.84 Å². The van der Waals surface area contributed by atoms with E-state index in [2.05, 4.69) is 5.32 Å². The predicted molar refractivity (Wildman–Crippen MR) is 30.4 cm³/mol. The van der Waals surface area contributed by atoms with Crippen LogP contribution in [0.5, 0.6) is 0 Å². The van der Waals surface area contributed by atoms with Crippen molar-refractivity contribution in [3.8, 4) is 0 Å². The Bertz CT molecular complexity index is 130. The lowest BCUT2D eigenvalue weighted by molar-refractivity contribution is -0.0601. The summed E-state index contributed by atoms with van der Waals surface area (Å²) in [7, 11) is 0. The molecule has 0 saturated carbocycles. The van der Waals surface area contributed by atoms with Gasteiger partial charge in [-0.3, -0.25) is 0 Å². The van der Waals surface area contributed by atoms with Crippen molar-refractivity contribution in [3.05, 3.63) is 0 Å². The molecule has 0 aliphatic carbocycles. The van der Waals surface area contributed by atoms with Gasteiger partial charge in [0.2, 0.25) is 0 Å². The Hall–Kier alpha value is -0.770. The molecular weight excluding hydrogens is 122 g/mol. The quantitative estimate of drug-likeness (QED) is 0.528. The van der Waals surface area contributed by atoms with Gasteiger partial charge in [-0.25, -0.2) is 4.79 Å². The Morgan fingerprint density at radius 3 is 2.44 bits per heavy atom. The van der Waals surface area contributed by atoms with Crippen molar-refractivity contribution in [2.45, 2.75) is 12.5 Å². The minimum atomic E-state index is -0.985. The van der Waals surface area contributed by atoms with E-state index in [0.29, 0.717) is 13.2 Å². The van der Waals surface area contributed by atoms with E-state index in [1.807, 2.05) is 6.92 Å². The van der Waals surface area contributed by atoms with Crippen LogP contribution in [0.2, 0.25) is 0 Å². The first-order chi connectivity index (χ1) is 4.12. The molecule has 1 aliphatic heterocycles. The first-order valence-corrected chi connectivity index (χ1v) is 2.71. The molecule has 0 aromatic rings. The van der Waals surface area contributed by atoms with Crippen molar-refractivity contribution >= 4 is 6.09 Å². The summed E-state index contributed by atoms with van der Waals surface area (Å²) in [6.07, 6.45) is -0.985. The number of nitrogens with one attached hydrogen (secondary N) is 1. The Balaban J connectivity index is 2.33. The van der Waals surface area contributed by atoms with Gasteiger partial charge in [0.25, 0.3) is 0 Å². The second-order valence-corrected chi connectivity index (χ2v) is 2.48. The highest BCUT2D eigenvalue weighted by molar-refractivity contribution is 5.65. The summed E-state index contributed by atoms with van der Waals surface area (Å²) in [5, 5.41) is 10.6. The van der Waals surface area contributed by atoms with Gasteiger partial charge < -0.3 is 15.2 Å². The minimum Gasteiger partial charge on any atom is -0.465 e. The summed E-state index contributed by atoms with van der Waals surface area (Å²) in [5.41, 5.74) is -0.328. The number of rotatable bonds is 1. The summed E-state index contributed by atoms with van der Waals surface area (Å²) < 4.78 is 4.81. The third-order valence-corrected chi connectivity index (χ3v) is 1.25. The highest BCUT2D eigenvalue weighted by Crippen LogP contribution is 2.14. The number of amides is 1. The molecule has 0 radical (unpaired) electrons. The lowest BCUT2D eigenvalue weighted by Crippen LogP contribution is -2.59. The molecule has 0 aromatic heterocycles. The molecule has 1 amide bonds. The average molecular weight is 131 g/mol. The largest absolute Gasteiger partial charge is 0.465 e. The number of hydrogen-bond acceptors (Lipinski definition) is 2. The van der Waals surface area contributed by atoms with Crippen LogP contribution in [0.3, 0.4) is 0 Å². The third kappa shape index (κ3) is 1.32. The summed E-state index contributed by atoms with van der Waals surface area (Å²) in [4.78, 5) is 10.0. The van der Waals surface area contributed by atoms with Crippen molar-refractivity contribution < 1.29 is 14.6 Å². The summed E-state index contributed by atoms with van der Waals surface area (Å²) in [5.74, 6) is 0. The zero-order valence-corrected chi connectivity index (χ0v) is 5.18. The molecule has 0 bridgehead atoms. The zero-order valence-electron chi connectivity index (χ0n) is 5.18. The van der Waals surface area contributed by atoms with E-state index < -0.39 is 6.09 Å². The Kier molecular flexibility index (Phi) is 1.32. The van der Waals surface area contributed by atoms with Crippen molar-refractivity contribution in [2.75, 3.05) is 13.2 Å². The first-order valence-electron chi connectivity index (χ1n) is 2.71. The van der Waals surface area contributed by atoms with Crippen molar-refractivity contribution in [1.82, 2.24) is 5.32 Å². The smallest absolute Gasteiger partial charge is 0.405 e. The zero-order chi connectivity index (χ0) is 6.91. The fourth-order valence-electron chi connectivity index (χ4n) is 0.739. The SMILES string of the molecule is CC1(NC(=O)O)COC1. The molecule has 2 N–H and O–H groups in total. The molecule has 0 unspecified atom stereocenters. The Morgan fingerprint density at radius 1 is 1.78 bits per heavy atom. The lowest BCUT2D eigenvalue weighted by atomic mass is 10.0. The molecule has 1 aliphatic rings. The topological polar surface area (TPSA) is 58.6 Å². The maximum atomic E-state index is 10.0. The molecule has 4 nitrogen and oxygen atoms in total. The van der Waals surface area contributed by atoms with Gasteiger partial charge in [0.1, 0.15) is 0 Å². The van der Waals surface area contributed by atoms with Crippen LogP contribution in [-0.4, -0.2) is 30.0 Å². The van der Waals surface area contributed by atoms with Crippen molar-refractivity contribution in [2.24, 2.45) is 0 Å². The van der Waals surface area contributed by atoms with Gasteiger partial charge in [-0.1, -0.05) is 0 Å². The van der Waals surface area contributed by atoms with E-state index in [9.17, 15) is 4.79 Å². The van der Waals surface area contributed by atoms with Gasteiger partial charge >= 0.3 is 6.09 Å². The van der Waals surface area contributed by atoms with Gasteiger partial charge in [-0.15, -0.1) is 0 Å². The monoisotopic (exact) mass is 131 g/mol. The number of carboxylic acid groups (broad SMARTS) is 1. The van der Waals surface area contributed by atoms with Crippen molar-refractivity contribution in [3.63, 3.8) is 0 Å². The normalized spacial score (nSPS) is 22.3. The number of carbonyl (C=O) groups is 1. The van der Waals surface area contributed by atoms with Crippen LogP contribution >= 0.6 is 0 Å². The van der Waals surface area contributed by atoms with E-state index in [-0.39, 0.29) is 5.54 Å². The van der Waals surface area contributed by atoms with Crippen molar-refractivity contribution in [1.29, 1.82) is 0 Å². The van der Waals surface area contributed by atoms with E-state index in [1.165, 1.54) is 0 Å². The molecule has 0 aromatic carbocycles. The van der Waals surface area contributed by atoms with Crippen LogP contribution in [0.15, 0.2) is 0 Å². The Morgan fingerprint density at radius 2 is 2.33 bits per heavy atom. The third-order valence-electron chi connectivity index (χ3n) is 1.25. The molecule has 1 rings (SSSR count). The second-order valence-electron chi connectivity index (χ2n) is 2.48. The maximum Gasteiger partial charge on any atom is 0.405 e. The molecule has 0 spiro atoms. The number of ether oxygens (including phenoxy) is 1.